The first-order valence-electron chi connectivity index (χ1n) is 12.9. The highest BCUT2D eigenvalue weighted by molar-refractivity contribution is 7.89. The summed E-state index contributed by atoms with van der Waals surface area (Å²) in [4.78, 5) is 26.4. The van der Waals surface area contributed by atoms with E-state index in [1.54, 1.807) is 37.3 Å². The third-order valence-electron chi connectivity index (χ3n) is 7.03. The van der Waals surface area contributed by atoms with E-state index in [2.05, 4.69) is 15.3 Å². The molecule has 1 aliphatic carbocycles. The number of para-hydroxylation sites is 1. The molecule has 0 unspecified atom stereocenters. The molecular weight excluding hydrogens is 522 g/mol. The molecule has 2 aliphatic rings. The van der Waals surface area contributed by atoms with E-state index in [4.69, 9.17) is 4.74 Å². The number of aromatic nitrogens is 2. The molecule has 1 aromatic heterocycles. The highest BCUT2D eigenvalue weighted by atomic mass is 32.2. The van der Waals surface area contributed by atoms with Gasteiger partial charge in [0, 0.05) is 43.3 Å². The number of piperazine rings is 1. The van der Waals surface area contributed by atoms with E-state index in [0.717, 1.165) is 19.4 Å². The summed E-state index contributed by atoms with van der Waals surface area (Å²) in [5.41, 5.74) is 0.945. The molecule has 0 bridgehead atoms. The molecule has 12 heteroatoms. The van der Waals surface area contributed by atoms with Crippen molar-refractivity contribution in [3.05, 3.63) is 59.8 Å². The van der Waals surface area contributed by atoms with Gasteiger partial charge >= 0.3 is 5.97 Å². The number of benzene rings is 2. The van der Waals surface area contributed by atoms with Gasteiger partial charge in [0.2, 0.25) is 21.8 Å². The van der Waals surface area contributed by atoms with Gasteiger partial charge in [0.25, 0.3) is 0 Å². The number of hydrogen-bond donors (Lipinski definition) is 2. The van der Waals surface area contributed by atoms with Crippen LogP contribution in [0.2, 0.25) is 0 Å². The number of carbonyl (C=O) groups is 2. The number of carboxylic acid groups (broad SMARTS) is 1. The number of carbonyl (C=O) groups excluding carboxylic acids is 1. The lowest BCUT2D eigenvalue weighted by atomic mass is 10.2. The van der Waals surface area contributed by atoms with E-state index in [1.165, 1.54) is 21.1 Å². The fourth-order valence-electron chi connectivity index (χ4n) is 4.54. The Labute approximate surface area is 227 Å². The Balaban J connectivity index is 1.57. The van der Waals surface area contributed by atoms with Crippen molar-refractivity contribution in [1.82, 2.24) is 19.0 Å². The van der Waals surface area contributed by atoms with Crippen molar-refractivity contribution in [3.63, 3.8) is 0 Å². The monoisotopic (exact) mass is 553 g/mol. The van der Waals surface area contributed by atoms with Gasteiger partial charge in [0.15, 0.2) is 5.69 Å². The Bertz CT molecular complexity index is 1490. The molecule has 2 fully saturated rings. The lowest BCUT2D eigenvalue weighted by Gasteiger charge is -2.33. The number of hydrogen-bond acceptors (Lipinski definition) is 7. The molecule has 5 rings (SSSR count). The predicted octanol–water partition coefficient (Wildman–Crippen LogP) is 3.35. The van der Waals surface area contributed by atoms with Crippen LogP contribution in [0.1, 0.15) is 35.8 Å². The van der Waals surface area contributed by atoms with Crippen LogP contribution in [0, 0.1) is 12.8 Å². The van der Waals surface area contributed by atoms with Gasteiger partial charge < -0.3 is 20.1 Å². The molecule has 3 aromatic rings. The van der Waals surface area contributed by atoms with E-state index < -0.39 is 16.0 Å². The van der Waals surface area contributed by atoms with Crippen LogP contribution in [-0.2, 0) is 14.8 Å². The van der Waals surface area contributed by atoms with Crippen LogP contribution in [-0.4, -0.2) is 77.1 Å². The van der Waals surface area contributed by atoms with Crippen LogP contribution in [0.15, 0.2) is 53.4 Å². The first-order chi connectivity index (χ1) is 18.7. The number of nitrogens with zero attached hydrogens (tertiary/aromatic N) is 4. The smallest absolute Gasteiger partial charge is 0.356 e. The van der Waals surface area contributed by atoms with Crippen LogP contribution < -0.4 is 10.1 Å². The summed E-state index contributed by atoms with van der Waals surface area (Å²) in [6.45, 7) is 6.27. The lowest BCUT2D eigenvalue weighted by molar-refractivity contribution is -0.117. The number of aromatic carboxylic acids is 1. The maximum absolute atomic E-state index is 13.9. The molecule has 206 valence electrons. The zero-order chi connectivity index (χ0) is 27.7. The van der Waals surface area contributed by atoms with Gasteiger partial charge in [-0.05, 0) is 56.6 Å². The lowest BCUT2D eigenvalue weighted by Crippen LogP contribution is -2.48. The van der Waals surface area contributed by atoms with Crippen LogP contribution in [0.4, 0.5) is 5.69 Å². The van der Waals surface area contributed by atoms with Gasteiger partial charge in [-0.25, -0.2) is 13.2 Å². The van der Waals surface area contributed by atoms with Crippen molar-refractivity contribution < 1.29 is 27.9 Å². The number of sulfonamides is 1. The van der Waals surface area contributed by atoms with E-state index in [0.29, 0.717) is 37.6 Å². The molecular formula is C27H31N5O6S. The first kappa shape index (κ1) is 26.9. The third kappa shape index (κ3) is 5.54. The number of amides is 1. The van der Waals surface area contributed by atoms with Crippen LogP contribution in [0.3, 0.4) is 0 Å². The zero-order valence-corrected chi connectivity index (χ0v) is 22.6. The molecule has 2 aromatic carbocycles. The molecule has 1 amide bonds. The zero-order valence-electron chi connectivity index (χ0n) is 21.8. The molecule has 1 aliphatic heterocycles. The summed E-state index contributed by atoms with van der Waals surface area (Å²) in [5, 5.41) is 16.7. The third-order valence-corrected chi connectivity index (χ3v) is 8.95. The Hall–Kier alpha value is -3.74. The molecule has 0 radical (unpaired) electrons. The second kappa shape index (κ2) is 10.8. The largest absolute Gasteiger partial charge is 0.476 e. The maximum atomic E-state index is 13.9. The van der Waals surface area contributed by atoms with Gasteiger partial charge in [-0.3, -0.25) is 4.79 Å². The van der Waals surface area contributed by atoms with Crippen molar-refractivity contribution in [2.75, 3.05) is 38.0 Å². The standard InChI is InChI=1S/C27H31N5O6S/c1-3-30-13-15-31(16-14-30)39(36,37)23-17-20(28-25(33)19-9-10-19)11-12-22(23)38-26-18(2)24(27(34)35)29-32(26)21-7-5-4-6-8-21/h4-8,11-12,17,19H,3,9-10,13-16H2,1-2H3,(H,28,33)(H,34,35). The van der Waals surface area contributed by atoms with Gasteiger partial charge in [-0.1, -0.05) is 25.1 Å². The Kier molecular flexibility index (Phi) is 7.43. The molecule has 2 heterocycles. The van der Waals surface area contributed by atoms with E-state index in [1.807, 2.05) is 13.0 Å². The van der Waals surface area contributed by atoms with Crippen molar-refractivity contribution in [2.45, 2.75) is 31.6 Å². The van der Waals surface area contributed by atoms with E-state index >= 15 is 0 Å². The molecule has 1 saturated heterocycles. The average Bonchev–Trinajstić information content (AvgIpc) is 3.74. The number of anilines is 1. The fourth-order valence-corrected chi connectivity index (χ4v) is 6.10. The number of nitrogens with one attached hydrogen (secondary N) is 1. The predicted molar refractivity (Wildman–Crippen MR) is 144 cm³/mol. The van der Waals surface area contributed by atoms with Gasteiger partial charge in [0.1, 0.15) is 10.6 Å². The molecule has 0 atom stereocenters. The van der Waals surface area contributed by atoms with E-state index in [-0.39, 0.29) is 39.6 Å². The molecule has 11 nitrogen and oxygen atoms in total. The Morgan fingerprint density at radius 2 is 1.77 bits per heavy atom. The molecule has 39 heavy (non-hydrogen) atoms. The fraction of sp³-hybridized carbons (Fsp3) is 0.370. The maximum Gasteiger partial charge on any atom is 0.356 e. The quantitative estimate of drug-likeness (QED) is 0.412. The average molecular weight is 554 g/mol. The van der Waals surface area contributed by atoms with Crippen LogP contribution in [0.5, 0.6) is 11.6 Å². The van der Waals surface area contributed by atoms with E-state index in [9.17, 15) is 23.1 Å². The van der Waals surface area contributed by atoms with Crippen molar-refractivity contribution in [2.24, 2.45) is 5.92 Å². The van der Waals surface area contributed by atoms with Gasteiger partial charge in [-0.15, -0.1) is 0 Å². The Morgan fingerprint density at radius 1 is 1.08 bits per heavy atom. The summed E-state index contributed by atoms with van der Waals surface area (Å²) >= 11 is 0. The summed E-state index contributed by atoms with van der Waals surface area (Å²) in [6.07, 6.45) is 1.63. The summed E-state index contributed by atoms with van der Waals surface area (Å²) in [7, 11) is -4.02. The van der Waals surface area contributed by atoms with Crippen molar-refractivity contribution >= 4 is 27.6 Å². The molecule has 0 spiro atoms. The highest BCUT2D eigenvalue weighted by Gasteiger charge is 2.34. The second-order valence-corrected chi connectivity index (χ2v) is 11.6. The number of rotatable bonds is 9. The van der Waals surface area contributed by atoms with Crippen LogP contribution in [0.25, 0.3) is 5.69 Å². The van der Waals surface area contributed by atoms with Gasteiger partial charge in [0.05, 0.1) is 5.69 Å². The topological polar surface area (TPSA) is 134 Å². The second-order valence-electron chi connectivity index (χ2n) is 9.70. The normalized spacial score (nSPS) is 16.7. The molecule has 1 saturated carbocycles. The SMILES string of the molecule is CCN1CCN(S(=O)(=O)c2cc(NC(=O)C3CC3)ccc2Oc2c(C)c(C(=O)O)nn2-c2ccccc2)CC1. The number of ether oxygens (including phenoxy) is 1. The summed E-state index contributed by atoms with van der Waals surface area (Å²) in [5.74, 6) is -1.34. The van der Waals surface area contributed by atoms with Crippen molar-refractivity contribution in [1.29, 1.82) is 0 Å². The van der Waals surface area contributed by atoms with Gasteiger partial charge in [-0.2, -0.15) is 14.1 Å². The highest BCUT2D eigenvalue weighted by Crippen LogP contribution is 2.37. The Morgan fingerprint density at radius 3 is 2.38 bits per heavy atom. The minimum absolute atomic E-state index is 0.00876. The minimum Gasteiger partial charge on any atom is -0.476 e. The summed E-state index contributed by atoms with van der Waals surface area (Å²) in [6, 6.07) is 13.3. The first-order valence-corrected chi connectivity index (χ1v) is 14.4. The molecule has 2 N–H and O–H groups in total. The number of carboxylic acids is 1. The van der Waals surface area contributed by atoms with Crippen molar-refractivity contribution in [3.8, 4) is 17.3 Å². The minimum atomic E-state index is -4.02. The van der Waals surface area contributed by atoms with Crippen LogP contribution >= 0.6 is 0 Å². The number of likely N-dealkylation sites (N-methyl/N-ethyl adjacent to an activating group) is 1. The summed E-state index contributed by atoms with van der Waals surface area (Å²) < 4.78 is 36.8.